The van der Waals surface area contributed by atoms with Crippen LogP contribution in [0.2, 0.25) is 0 Å². The summed E-state index contributed by atoms with van der Waals surface area (Å²) in [5.41, 5.74) is 2.17. The second kappa shape index (κ2) is 7.35. The van der Waals surface area contributed by atoms with E-state index in [0.717, 1.165) is 5.56 Å². The molecular formula is C17H25N5O. The van der Waals surface area contributed by atoms with Crippen molar-refractivity contribution < 1.29 is 4.79 Å². The van der Waals surface area contributed by atoms with Crippen molar-refractivity contribution in [3.63, 3.8) is 0 Å². The number of carbonyl (C=O) groups excluding carboxylic acids is 1. The molecule has 1 heterocycles. The van der Waals surface area contributed by atoms with Gasteiger partial charge in [-0.15, -0.1) is 10.2 Å². The molecule has 0 fully saturated rings. The van der Waals surface area contributed by atoms with Crippen molar-refractivity contribution in [1.82, 2.24) is 25.5 Å². The number of amides is 1. The molecule has 2 aromatic rings. The second-order valence-electron chi connectivity index (χ2n) is 6.52. The second-order valence-corrected chi connectivity index (χ2v) is 6.52. The smallest absolute Gasteiger partial charge is 0.243 e. The summed E-state index contributed by atoms with van der Waals surface area (Å²) in [4.78, 5) is 13.3. The molecule has 1 aromatic carbocycles. The van der Waals surface area contributed by atoms with Gasteiger partial charge >= 0.3 is 0 Å². The molecule has 0 aliphatic carbocycles. The lowest BCUT2D eigenvalue weighted by Gasteiger charge is -2.16. The summed E-state index contributed by atoms with van der Waals surface area (Å²) in [6, 6.07) is 8.22. The van der Waals surface area contributed by atoms with Crippen LogP contribution in [0.3, 0.4) is 0 Å². The molecule has 1 N–H and O–H groups in total. The third-order valence-corrected chi connectivity index (χ3v) is 3.96. The van der Waals surface area contributed by atoms with Crippen LogP contribution in [-0.2, 0) is 11.3 Å². The lowest BCUT2D eigenvalue weighted by molar-refractivity contribution is -0.123. The Kier molecular flexibility index (Phi) is 5.47. The van der Waals surface area contributed by atoms with Gasteiger partial charge in [-0.3, -0.25) is 4.79 Å². The largest absolute Gasteiger partial charge is 0.352 e. The maximum absolute atomic E-state index is 12.0. The minimum Gasteiger partial charge on any atom is -0.352 e. The monoisotopic (exact) mass is 315 g/mol. The summed E-state index contributed by atoms with van der Waals surface area (Å²) in [6.07, 6.45) is 0. The molecule has 2 rings (SSSR count). The molecule has 0 aliphatic heterocycles. The van der Waals surface area contributed by atoms with E-state index in [1.165, 1.54) is 10.4 Å². The van der Waals surface area contributed by atoms with E-state index < -0.39 is 0 Å². The highest BCUT2D eigenvalue weighted by atomic mass is 16.2. The minimum absolute atomic E-state index is 0.0775. The molecule has 1 atom stereocenters. The lowest BCUT2D eigenvalue weighted by Crippen LogP contribution is -2.38. The Morgan fingerprint density at radius 1 is 1.13 bits per heavy atom. The number of nitrogens with zero attached hydrogens (tertiary/aromatic N) is 4. The molecule has 0 aliphatic rings. The number of hydrogen-bond donors (Lipinski definition) is 1. The number of tetrazole rings is 1. The topological polar surface area (TPSA) is 72.7 Å². The molecule has 124 valence electrons. The van der Waals surface area contributed by atoms with Gasteiger partial charge in [0.05, 0.1) is 0 Å². The van der Waals surface area contributed by atoms with Gasteiger partial charge in [0, 0.05) is 11.6 Å². The maximum atomic E-state index is 12.0. The average molecular weight is 315 g/mol. The minimum atomic E-state index is -0.106. The number of aromatic nitrogens is 4. The van der Waals surface area contributed by atoms with E-state index in [0.29, 0.717) is 17.7 Å². The number of hydrogen-bond acceptors (Lipinski definition) is 4. The van der Waals surface area contributed by atoms with Crippen molar-refractivity contribution in [2.24, 2.45) is 5.92 Å². The third-order valence-electron chi connectivity index (χ3n) is 3.96. The fourth-order valence-corrected chi connectivity index (χ4v) is 2.04. The Morgan fingerprint density at radius 2 is 1.78 bits per heavy atom. The van der Waals surface area contributed by atoms with E-state index >= 15 is 0 Å². The maximum Gasteiger partial charge on any atom is 0.243 e. The number of nitrogens with one attached hydrogen (secondary N) is 1. The van der Waals surface area contributed by atoms with Crippen molar-refractivity contribution in [1.29, 1.82) is 0 Å². The van der Waals surface area contributed by atoms with E-state index in [-0.39, 0.29) is 18.5 Å². The first-order chi connectivity index (χ1) is 10.9. The van der Waals surface area contributed by atoms with E-state index in [2.05, 4.69) is 60.6 Å². The fraction of sp³-hybridized carbons (Fsp3) is 0.529. The number of carbonyl (C=O) groups is 1. The molecular weight excluding hydrogens is 290 g/mol. The van der Waals surface area contributed by atoms with Gasteiger partial charge < -0.3 is 5.32 Å². The van der Waals surface area contributed by atoms with Crippen molar-refractivity contribution in [3.8, 4) is 11.4 Å². The Morgan fingerprint density at radius 3 is 2.35 bits per heavy atom. The van der Waals surface area contributed by atoms with Crippen LogP contribution in [0.25, 0.3) is 11.4 Å². The highest BCUT2D eigenvalue weighted by Crippen LogP contribution is 2.19. The predicted molar refractivity (Wildman–Crippen MR) is 89.8 cm³/mol. The number of benzene rings is 1. The zero-order valence-electron chi connectivity index (χ0n) is 14.4. The normalized spacial score (nSPS) is 12.7. The van der Waals surface area contributed by atoms with Crippen molar-refractivity contribution in [3.05, 3.63) is 29.8 Å². The summed E-state index contributed by atoms with van der Waals surface area (Å²) in [6.45, 7) is 10.5. The fourth-order valence-electron chi connectivity index (χ4n) is 2.04. The third kappa shape index (κ3) is 4.61. The van der Waals surface area contributed by atoms with Gasteiger partial charge in [-0.25, -0.2) is 0 Å². The van der Waals surface area contributed by atoms with Gasteiger partial charge in [-0.1, -0.05) is 52.0 Å². The van der Waals surface area contributed by atoms with Gasteiger partial charge in [0.25, 0.3) is 0 Å². The van der Waals surface area contributed by atoms with Crippen molar-refractivity contribution in [2.75, 3.05) is 0 Å². The van der Waals surface area contributed by atoms with E-state index in [1.807, 2.05) is 19.1 Å². The van der Waals surface area contributed by atoms with Gasteiger partial charge in [0.1, 0.15) is 6.54 Å². The van der Waals surface area contributed by atoms with Gasteiger partial charge in [-0.2, -0.15) is 4.80 Å². The van der Waals surface area contributed by atoms with Gasteiger partial charge in [0.15, 0.2) is 0 Å². The standard InChI is InChI=1S/C17H25N5O/c1-11(2)13(5)18-16(23)10-22-20-17(19-21-22)15-8-6-14(7-9-15)12(3)4/h6-9,11-13H,10H2,1-5H3,(H,18,23)/t13-/m0/s1. The van der Waals surface area contributed by atoms with Crippen LogP contribution >= 0.6 is 0 Å². The Balaban J connectivity index is 2.01. The Labute approximate surface area is 137 Å². The molecule has 0 radical (unpaired) electrons. The molecule has 23 heavy (non-hydrogen) atoms. The van der Waals surface area contributed by atoms with Gasteiger partial charge in [0.2, 0.25) is 11.7 Å². The molecule has 0 spiro atoms. The molecule has 1 amide bonds. The molecule has 0 unspecified atom stereocenters. The summed E-state index contributed by atoms with van der Waals surface area (Å²) >= 11 is 0. The van der Waals surface area contributed by atoms with Crippen molar-refractivity contribution >= 4 is 5.91 Å². The Bertz CT molecular complexity index is 645. The van der Waals surface area contributed by atoms with Crippen LogP contribution < -0.4 is 5.32 Å². The first-order valence-corrected chi connectivity index (χ1v) is 8.04. The predicted octanol–water partition coefficient (Wildman–Crippen LogP) is 2.62. The summed E-state index contributed by atoms with van der Waals surface area (Å²) in [7, 11) is 0. The van der Waals surface area contributed by atoms with Crippen LogP contribution in [0.15, 0.2) is 24.3 Å². The lowest BCUT2D eigenvalue weighted by atomic mass is 10.0. The SMILES string of the molecule is CC(C)c1ccc(-c2nnn(CC(=O)N[C@@H](C)C(C)C)n2)cc1. The van der Waals surface area contributed by atoms with E-state index in [9.17, 15) is 4.79 Å². The van der Waals surface area contributed by atoms with Crippen LogP contribution in [-0.4, -0.2) is 32.2 Å². The molecule has 1 aromatic heterocycles. The Hall–Kier alpha value is -2.24. The zero-order valence-corrected chi connectivity index (χ0v) is 14.4. The molecule has 0 saturated heterocycles. The molecule has 6 heteroatoms. The highest BCUT2D eigenvalue weighted by molar-refractivity contribution is 5.75. The van der Waals surface area contributed by atoms with Gasteiger partial charge in [-0.05, 0) is 29.5 Å². The zero-order chi connectivity index (χ0) is 17.0. The van der Waals surface area contributed by atoms with Crippen LogP contribution in [0.4, 0.5) is 0 Å². The first kappa shape index (κ1) is 17.1. The summed E-state index contributed by atoms with van der Waals surface area (Å²) in [5.74, 6) is 1.30. The molecule has 0 saturated carbocycles. The summed E-state index contributed by atoms with van der Waals surface area (Å²) < 4.78 is 0. The average Bonchev–Trinajstić information content (AvgIpc) is 2.95. The number of rotatable bonds is 6. The van der Waals surface area contributed by atoms with Crippen LogP contribution in [0, 0.1) is 5.92 Å². The van der Waals surface area contributed by atoms with Crippen LogP contribution in [0.5, 0.6) is 0 Å². The summed E-state index contributed by atoms with van der Waals surface area (Å²) in [5, 5.41) is 15.2. The molecule has 0 bridgehead atoms. The van der Waals surface area contributed by atoms with Crippen LogP contribution in [0.1, 0.15) is 46.1 Å². The quantitative estimate of drug-likeness (QED) is 0.889. The molecule has 6 nitrogen and oxygen atoms in total. The highest BCUT2D eigenvalue weighted by Gasteiger charge is 2.13. The first-order valence-electron chi connectivity index (χ1n) is 8.04. The van der Waals surface area contributed by atoms with Crippen molar-refractivity contribution in [2.45, 2.75) is 53.1 Å². The van der Waals surface area contributed by atoms with E-state index in [4.69, 9.17) is 0 Å². The van der Waals surface area contributed by atoms with E-state index in [1.54, 1.807) is 0 Å².